The Bertz CT molecular complexity index is 681. The molecule has 1 heterocycles. The zero-order chi connectivity index (χ0) is 14.3. The van der Waals surface area contributed by atoms with Crippen LogP contribution in [0.4, 0.5) is 11.5 Å². The Balaban J connectivity index is 1.92. The molecule has 1 aliphatic rings. The maximum Gasteiger partial charge on any atom is 0.168 e. The first-order valence-electron chi connectivity index (χ1n) is 6.37. The van der Waals surface area contributed by atoms with Crippen molar-refractivity contribution in [3.63, 3.8) is 0 Å². The number of hydrogen-bond acceptors (Lipinski definition) is 3. The first-order chi connectivity index (χ1) is 9.54. The van der Waals surface area contributed by atoms with E-state index in [1.165, 1.54) is 0 Å². The van der Waals surface area contributed by atoms with Crippen molar-refractivity contribution in [2.75, 3.05) is 5.32 Å². The number of nitrogens with one attached hydrogen (secondary N) is 2. The first-order valence-corrected chi connectivity index (χ1v) is 7.12. The Morgan fingerprint density at radius 1 is 1.30 bits per heavy atom. The minimum atomic E-state index is 0.120. The highest BCUT2D eigenvalue weighted by atomic mass is 35.5. The molecule has 6 heteroatoms. The van der Waals surface area contributed by atoms with Crippen LogP contribution >= 0.6 is 23.2 Å². The topological polar surface area (TPSA) is 57.8 Å². The van der Waals surface area contributed by atoms with Crippen LogP contribution in [0.25, 0.3) is 0 Å². The van der Waals surface area contributed by atoms with E-state index < -0.39 is 0 Å². The smallest absolute Gasteiger partial charge is 0.168 e. The van der Waals surface area contributed by atoms with Crippen LogP contribution in [-0.4, -0.2) is 16.0 Å². The van der Waals surface area contributed by atoms with Crippen molar-refractivity contribution in [3.8, 4) is 0 Å². The van der Waals surface area contributed by atoms with Gasteiger partial charge in [0.15, 0.2) is 11.6 Å². The summed E-state index contributed by atoms with van der Waals surface area (Å²) in [5.41, 5.74) is 2.31. The zero-order valence-corrected chi connectivity index (χ0v) is 12.3. The molecule has 0 fully saturated rings. The van der Waals surface area contributed by atoms with Crippen molar-refractivity contribution in [3.05, 3.63) is 39.5 Å². The number of ketones is 1. The van der Waals surface area contributed by atoms with E-state index in [9.17, 15) is 4.79 Å². The summed E-state index contributed by atoms with van der Waals surface area (Å²) >= 11 is 11.9. The molecule has 1 atom stereocenters. The van der Waals surface area contributed by atoms with E-state index in [-0.39, 0.29) is 5.78 Å². The molecular formula is C14H13Cl2N3O. The van der Waals surface area contributed by atoms with Crippen LogP contribution in [0.3, 0.4) is 0 Å². The summed E-state index contributed by atoms with van der Waals surface area (Å²) in [6.45, 7) is 2.06. The number of nitrogens with zero attached hydrogens (tertiary/aromatic N) is 1. The molecule has 1 aromatic heterocycles. The maximum atomic E-state index is 12.1. The Kier molecular flexibility index (Phi) is 3.44. The van der Waals surface area contributed by atoms with Crippen molar-refractivity contribution in [1.29, 1.82) is 0 Å². The van der Waals surface area contributed by atoms with Gasteiger partial charge in [0.1, 0.15) is 0 Å². The number of aromatic nitrogens is 2. The third kappa shape index (κ3) is 2.41. The molecule has 2 aromatic rings. The minimum Gasteiger partial charge on any atom is -0.338 e. The molecule has 104 valence electrons. The molecule has 2 N–H and O–H groups in total. The first kappa shape index (κ1) is 13.5. The SMILES string of the molecule is CC1CC(=O)c2c(Nc3ccc(Cl)c(Cl)c3)n[nH]c2C1. The highest BCUT2D eigenvalue weighted by Gasteiger charge is 2.27. The van der Waals surface area contributed by atoms with Gasteiger partial charge in [-0.05, 0) is 30.5 Å². The summed E-state index contributed by atoms with van der Waals surface area (Å²) in [4.78, 5) is 12.1. The summed E-state index contributed by atoms with van der Waals surface area (Å²) in [5, 5.41) is 11.2. The van der Waals surface area contributed by atoms with Gasteiger partial charge in [-0.25, -0.2) is 0 Å². The van der Waals surface area contributed by atoms with E-state index in [1.54, 1.807) is 18.2 Å². The number of fused-ring (bicyclic) bond motifs is 1. The van der Waals surface area contributed by atoms with Crippen LogP contribution in [0, 0.1) is 5.92 Å². The molecule has 0 radical (unpaired) electrons. The normalized spacial score (nSPS) is 17.9. The monoisotopic (exact) mass is 309 g/mol. The Morgan fingerprint density at radius 2 is 2.10 bits per heavy atom. The van der Waals surface area contributed by atoms with Crippen molar-refractivity contribution in [2.45, 2.75) is 19.8 Å². The van der Waals surface area contributed by atoms with Gasteiger partial charge in [-0.3, -0.25) is 9.89 Å². The number of anilines is 2. The summed E-state index contributed by atoms with van der Waals surface area (Å²) in [5.74, 6) is 1.03. The molecule has 0 spiro atoms. The second-order valence-electron chi connectivity index (χ2n) is 5.12. The molecule has 1 aromatic carbocycles. The maximum absolute atomic E-state index is 12.1. The Labute approximate surface area is 126 Å². The molecule has 0 bridgehead atoms. The molecule has 4 nitrogen and oxygen atoms in total. The highest BCUT2D eigenvalue weighted by molar-refractivity contribution is 6.42. The molecule has 0 amide bonds. The number of Topliss-reactive ketones (excluding diaryl/α,β-unsaturated/α-hetero) is 1. The molecule has 0 aliphatic heterocycles. The lowest BCUT2D eigenvalue weighted by Gasteiger charge is -2.17. The lowest BCUT2D eigenvalue weighted by atomic mass is 9.88. The van der Waals surface area contributed by atoms with Crippen LogP contribution in [0.5, 0.6) is 0 Å². The minimum absolute atomic E-state index is 0.120. The Hall–Kier alpha value is -1.52. The number of H-pyrrole nitrogens is 1. The van der Waals surface area contributed by atoms with Crippen LogP contribution in [-0.2, 0) is 6.42 Å². The largest absolute Gasteiger partial charge is 0.338 e. The van der Waals surface area contributed by atoms with Crippen molar-refractivity contribution in [2.24, 2.45) is 5.92 Å². The Morgan fingerprint density at radius 3 is 2.85 bits per heavy atom. The van der Waals surface area contributed by atoms with Crippen molar-refractivity contribution in [1.82, 2.24) is 10.2 Å². The average Bonchev–Trinajstić information content (AvgIpc) is 2.77. The van der Waals surface area contributed by atoms with E-state index in [2.05, 4.69) is 22.4 Å². The fourth-order valence-corrected chi connectivity index (χ4v) is 2.76. The second kappa shape index (κ2) is 5.11. The standard InChI is InChI=1S/C14H13Cl2N3O/c1-7-4-11-13(12(20)5-7)14(19-18-11)17-8-2-3-9(15)10(16)6-8/h2-3,6-7H,4-5H2,1H3,(H2,17,18,19). The molecule has 20 heavy (non-hydrogen) atoms. The van der Waals surface area contributed by atoms with E-state index in [0.717, 1.165) is 17.8 Å². The third-order valence-corrected chi connectivity index (χ3v) is 4.13. The number of halogens is 2. The fourth-order valence-electron chi connectivity index (χ4n) is 2.47. The fraction of sp³-hybridized carbons (Fsp3) is 0.286. The van der Waals surface area contributed by atoms with Crippen LogP contribution in [0.2, 0.25) is 10.0 Å². The lowest BCUT2D eigenvalue weighted by molar-refractivity contribution is 0.0954. The molecular weight excluding hydrogens is 297 g/mol. The summed E-state index contributed by atoms with van der Waals surface area (Å²) in [7, 11) is 0. The predicted octanol–water partition coefficient (Wildman–Crippen LogP) is 4.23. The zero-order valence-electron chi connectivity index (χ0n) is 10.8. The van der Waals surface area contributed by atoms with Gasteiger partial charge in [-0.1, -0.05) is 30.1 Å². The third-order valence-electron chi connectivity index (χ3n) is 3.39. The molecule has 0 saturated heterocycles. The molecule has 1 aliphatic carbocycles. The lowest BCUT2D eigenvalue weighted by Crippen LogP contribution is -2.17. The van der Waals surface area contributed by atoms with E-state index in [4.69, 9.17) is 23.2 Å². The van der Waals surface area contributed by atoms with Crippen molar-refractivity contribution >= 4 is 40.5 Å². The van der Waals surface area contributed by atoms with Gasteiger partial charge in [0.2, 0.25) is 0 Å². The average molecular weight is 310 g/mol. The number of aromatic amines is 1. The van der Waals surface area contributed by atoms with Gasteiger partial charge in [-0.2, -0.15) is 5.10 Å². The number of carbonyl (C=O) groups is 1. The number of hydrogen-bond donors (Lipinski definition) is 2. The van der Waals surface area contributed by atoms with Crippen molar-refractivity contribution < 1.29 is 4.79 Å². The van der Waals surface area contributed by atoms with Gasteiger partial charge in [0, 0.05) is 17.8 Å². The predicted molar refractivity (Wildman–Crippen MR) is 80.1 cm³/mol. The van der Waals surface area contributed by atoms with Crippen LogP contribution in [0.1, 0.15) is 29.4 Å². The number of rotatable bonds is 2. The number of carbonyl (C=O) groups excluding carboxylic acids is 1. The number of benzene rings is 1. The summed E-state index contributed by atoms with van der Waals surface area (Å²) in [6, 6.07) is 5.21. The highest BCUT2D eigenvalue weighted by Crippen LogP contribution is 2.32. The van der Waals surface area contributed by atoms with Gasteiger partial charge < -0.3 is 5.32 Å². The van der Waals surface area contributed by atoms with Gasteiger partial charge in [0.25, 0.3) is 0 Å². The molecule has 0 saturated carbocycles. The van der Waals surface area contributed by atoms with Gasteiger partial charge >= 0.3 is 0 Å². The summed E-state index contributed by atoms with van der Waals surface area (Å²) < 4.78 is 0. The van der Waals surface area contributed by atoms with E-state index in [0.29, 0.717) is 33.8 Å². The van der Waals surface area contributed by atoms with Gasteiger partial charge in [0.05, 0.1) is 15.6 Å². The molecule has 3 rings (SSSR count). The van der Waals surface area contributed by atoms with Gasteiger partial charge in [-0.15, -0.1) is 0 Å². The van der Waals surface area contributed by atoms with Crippen LogP contribution in [0.15, 0.2) is 18.2 Å². The molecule has 1 unspecified atom stereocenters. The van der Waals surface area contributed by atoms with E-state index >= 15 is 0 Å². The second-order valence-corrected chi connectivity index (χ2v) is 5.93. The van der Waals surface area contributed by atoms with E-state index in [1.807, 2.05) is 0 Å². The summed E-state index contributed by atoms with van der Waals surface area (Å²) in [6.07, 6.45) is 1.40. The van der Waals surface area contributed by atoms with Crippen LogP contribution < -0.4 is 5.32 Å². The quantitative estimate of drug-likeness (QED) is 0.873.